The molecular weight excluding hydrogens is 284 g/mol. The molecule has 0 unspecified atom stereocenters. The summed E-state index contributed by atoms with van der Waals surface area (Å²) in [6, 6.07) is 12.9. The highest BCUT2D eigenvalue weighted by Crippen LogP contribution is 2.24. The zero-order valence-electron chi connectivity index (χ0n) is 12.3. The molecule has 0 aliphatic heterocycles. The Kier molecular flexibility index (Phi) is 4.98. The number of rotatable bonds is 4. The second-order valence-corrected chi connectivity index (χ2v) is 4.34. The normalized spacial score (nSPS) is 9.73. The van der Waals surface area contributed by atoms with Crippen molar-refractivity contribution in [2.45, 2.75) is 0 Å². The maximum absolute atomic E-state index is 12.1. The molecule has 2 N–H and O–H groups in total. The van der Waals surface area contributed by atoms with E-state index in [4.69, 9.17) is 9.47 Å². The fourth-order valence-electron chi connectivity index (χ4n) is 1.84. The van der Waals surface area contributed by atoms with Gasteiger partial charge in [-0.2, -0.15) is 0 Å². The van der Waals surface area contributed by atoms with Crippen molar-refractivity contribution in [3.63, 3.8) is 0 Å². The Morgan fingerprint density at radius 2 is 1.68 bits per heavy atom. The minimum absolute atomic E-state index is 0.242. The SMILES string of the molecule is COc1ccc(C(=O)NC(=O)Nc2ccccc2)c(OC)c1. The van der Waals surface area contributed by atoms with Gasteiger partial charge < -0.3 is 14.8 Å². The second-order valence-electron chi connectivity index (χ2n) is 4.34. The van der Waals surface area contributed by atoms with Crippen molar-refractivity contribution in [3.8, 4) is 11.5 Å². The highest BCUT2D eigenvalue weighted by molar-refractivity contribution is 6.09. The smallest absolute Gasteiger partial charge is 0.326 e. The van der Waals surface area contributed by atoms with E-state index < -0.39 is 11.9 Å². The van der Waals surface area contributed by atoms with Crippen LogP contribution in [0.3, 0.4) is 0 Å². The molecule has 6 nitrogen and oxygen atoms in total. The molecule has 0 atom stereocenters. The Balaban J connectivity index is 2.07. The van der Waals surface area contributed by atoms with Gasteiger partial charge in [0.2, 0.25) is 0 Å². The van der Waals surface area contributed by atoms with Crippen molar-refractivity contribution in [3.05, 3.63) is 54.1 Å². The molecule has 0 bridgehead atoms. The summed E-state index contributed by atoms with van der Waals surface area (Å²) in [5.41, 5.74) is 0.834. The van der Waals surface area contributed by atoms with Gasteiger partial charge >= 0.3 is 6.03 Å². The van der Waals surface area contributed by atoms with Gasteiger partial charge in [-0.3, -0.25) is 10.1 Å². The fraction of sp³-hybridized carbons (Fsp3) is 0.125. The number of amides is 3. The van der Waals surface area contributed by atoms with Crippen LogP contribution in [-0.4, -0.2) is 26.2 Å². The Morgan fingerprint density at radius 3 is 2.32 bits per heavy atom. The van der Waals surface area contributed by atoms with Crippen molar-refractivity contribution >= 4 is 17.6 Å². The van der Waals surface area contributed by atoms with E-state index in [1.54, 1.807) is 36.4 Å². The van der Waals surface area contributed by atoms with Crippen LogP contribution in [0.1, 0.15) is 10.4 Å². The van der Waals surface area contributed by atoms with E-state index in [2.05, 4.69) is 10.6 Å². The maximum Gasteiger partial charge on any atom is 0.326 e. The number of carbonyl (C=O) groups excluding carboxylic acids is 2. The van der Waals surface area contributed by atoms with Gasteiger partial charge in [0.1, 0.15) is 11.5 Å². The Hall–Kier alpha value is -3.02. The lowest BCUT2D eigenvalue weighted by Gasteiger charge is -2.10. The largest absolute Gasteiger partial charge is 0.497 e. The number of anilines is 1. The molecule has 0 radical (unpaired) electrons. The number of hydrogen-bond acceptors (Lipinski definition) is 4. The van der Waals surface area contributed by atoms with Crippen molar-refractivity contribution in [1.29, 1.82) is 0 Å². The van der Waals surface area contributed by atoms with Gasteiger partial charge in [0.25, 0.3) is 5.91 Å². The first-order valence-corrected chi connectivity index (χ1v) is 6.53. The number of hydrogen-bond donors (Lipinski definition) is 2. The van der Waals surface area contributed by atoms with E-state index in [1.165, 1.54) is 20.3 Å². The molecule has 0 heterocycles. The van der Waals surface area contributed by atoms with Gasteiger partial charge in [-0.15, -0.1) is 0 Å². The van der Waals surface area contributed by atoms with Crippen LogP contribution in [0.4, 0.5) is 10.5 Å². The van der Waals surface area contributed by atoms with Crippen LogP contribution in [0.5, 0.6) is 11.5 Å². The van der Waals surface area contributed by atoms with E-state index in [9.17, 15) is 9.59 Å². The van der Waals surface area contributed by atoms with Crippen LogP contribution in [-0.2, 0) is 0 Å². The van der Waals surface area contributed by atoms with E-state index >= 15 is 0 Å². The first kappa shape index (κ1) is 15.4. The molecule has 2 rings (SSSR count). The average molecular weight is 300 g/mol. The van der Waals surface area contributed by atoms with E-state index in [0.29, 0.717) is 17.2 Å². The minimum Gasteiger partial charge on any atom is -0.497 e. The molecule has 3 amide bonds. The predicted octanol–water partition coefficient (Wildman–Crippen LogP) is 2.67. The lowest BCUT2D eigenvalue weighted by atomic mass is 10.2. The predicted molar refractivity (Wildman–Crippen MR) is 82.5 cm³/mol. The van der Waals surface area contributed by atoms with Gasteiger partial charge in [0.05, 0.1) is 19.8 Å². The Labute approximate surface area is 128 Å². The highest BCUT2D eigenvalue weighted by atomic mass is 16.5. The number of para-hydroxylation sites is 1. The molecule has 2 aromatic rings. The van der Waals surface area contributed by atoms with Crippen LogP contribution >= 0.6 is 0 Å². The summed E-state index contributed by atoms with van der Waals surface area (Å²) < 4.78 is 10.2. The summed E-state index contributed by atoms with van der Waals surface area (Å²) in [4.78, 5) is 23.9. The lowest BCUT2D eigenvalue weighted by molar-refractivity contribution is 0.0964. The molecule has 0 saturated heterocycles. The first-order valence-electron chi connectivity index (χ1n) is 6.53. The summed E-state index contributed by atoms with van der Waals surface area (Å²) in [6.45, 7) is 0. The van der Waals surface area contributed by atoms with Gasteiger partial charge in [-0.05, 0) is 24.3 Å². The molecule has 0 aromatic heterocycles. The number of benzene rings is 2. The van der Waals surface area contributed by atoms with Crippen molar-refractivity contribution in [2.75, 3.05) is 19.5 Å². The Morgan fingerprint density at radius 1 is 0.955 bits per heavy atom. The van der Waals surface area contributed by atoms with Gasteiger partial charge in [0.15, 0.2) is 0 Å². The molecule has 0 fully saturated rings. The van der Waals surface area contributed by atoms with Crippen LogP contribution in [0.2, 0.25) is 0 Å². The maximum atomic E-state index is 12.1. The minimum atomic E-state index is -0.617. The zero-order valence-corrected chi connectivity index (χ0v) is 12.3. The first-order chi connectivity index (χ1) is 10.6. The molecule has 0 aliphatic carbocycles. The van der Waals surface area contributed by atoms with Crippen molar-refractivity contribution in [2.24, 2.45) is 0 Å². The molecule has 114 valence electrons. The monoisotopic (exact) mass is 300 g/mol. The summed E-state index contributed by atoms with van der Waals surface area (Å²) in [7, 11) is 2.96. The third kappa shape index (κ3) is 3.76. The zero-order chi connectivity index (χ0) is 15.9. The number of urea groups is 1. The molecule has 0 spiro atoms. The van der Waals surface area contributed by atoms with Crippen molar-refractivity contribution < 1.29 is 19.1 Å². The average Bonchev–Trinajstić information content (AvgIpc) is 2.54. The summed E-state index contributed by atoms with van der Waals surface area (Å²) in [6.07, 6.45) is 0. The van der Waals surface area contributed by atoms with Crippen LogP contribution < -0.4 is 20.1 Å². The number of nitrogens with one attached hydrogen (secondary N) is 2. The topological polar surface area (TPSA) is 76.7 Å². The van der Waals surface area contributed by atoms with E-state index in [-0.39, 0.29) is 5.56 Å². The van der Waals surface area contributed by atoms with Gasteiger partial charge in [-0.25, -0.2) is 4.79 Å². The number of methoxy groups -OCH3 is 2. The van der Waals surface area contributed by atoms with Gasteiger partial charge in [0, 0.05) is 11.8 Å². The lowest BCUT2D eigenvalue weighted by Crippen LogP contribution is -2.34. The number of carbonyl (C=O) groups is 2. The standard InChI is InChI=1S/C16H16N2O4/c1-21-12-8-9-13(14(10-12)22-2)15(19)18-16(20)17-11-6-4-3-5-7-11/h3-10H,1-2H3,(H2,17,18,19,20). The quantitative estimate of drug-likeness (QED) is 0.910. The molecule has 6 heteroatoms. The molecule has 0 aliphatic rings. The molecule has 2 aromatic carbocycles. The van der Waals surface area contributed by atoms with Crippen LogP contribution in [0, 0.1) is 0 Å². The summed E-state index contributed by atoms with van der Waals surface area (Å²) >= 11 is 0. The van der Waals surface area contributed by atoms with Gasteiger partial charge in [-0.1, -0.05) is 18.2 Å². The number of imide groups is 1. The summed E-state index contributed by atoms with van der Waals surface area (Å²) in [5.74, 6) is 0.319. The highest BCUT2D eigenvalue weighted by Gasteiger charge is 2.16. The van der Waals surface area contributed by atoms with E-state index in [0.717, 1.165) is 0 Å². The van der Waals surface area contributed by atoms with Crippen LogP contribution in [0.25, 0.3) is 0 Å². The third-order valence-corrected chi connectivity index (χ3v) is 2.91. The van der Waals surface area contributed by atoms with Crippen LogP contribution in [0.15, 0.2) is 48.5 Å². The summed E-state index contributed by atoms with van der Waals surface area (Å²) in [5, 5.41) is 4.81. The fourth-order valence-corrected chi connectivity index (χ4v) is 1.84. The molecule has 22 heavy (non-hydrogen) atoms. The third-order valence-electron chi connectivity index (χ3n) is 2.91. The molecule has 0 saturated carbocycles. The molecular formula is C16H16N2O4. The number of ether oxygens (including phenoxy) is 2. The second kappa shape index (κ2) is 7.12. The van der Waals surface area contributed by atoms with E-state index in [1.807, 2.05) is 6.07 Å². The Bertz CT molecular complexity index is 671. The van der Waals surface area contributed by atoms with Crippen molar-refractivity contribution in [1.82, 2.24) is 5.32 Å².